The van der Waals surface area contributed by atoms with Gasteiger partial charge < -0.3 is 10.7 Å². The third kappa shape index (κ3) is 7.16. The summed E-state index contributed by atoms with van der Waals surface area (Å²) in [7, 11) is 0. The molecule has 130 valence electrons. The maximum Gasteiger partial charge on any atom is 0.242 e. The molecule has 3 amide bonds. The van der Waals surface area contributed by atoms with Crippen molar-refractivity contribution < 1.29 is 14.4 Å². The van der Waals surface area contributed by atoms with Crippen molar-refractivity contribution in [3.63, 3.8) is 0 Å². The summed E-state index contributed by atoms with van der Waals surface area (Å²) in [6.07, 6.45) is 3.92. The van der Waals surface area contributed by atoms with Gasteiger partial charge in [-0.3, -0.25) is 19.3 Å². The normalized spacial score (nSPS) is 17.7. The molecule has 1 aliphatic heterocycles. The molecule has 0 aromatic rings. The smallest absolute Gasteiger partial charge is 0.242 e. The van der Waals surface area contributed by atoms with Crippen molar-refractivity contribution >= 4 is 35.2 Å². The van der Waals surface area contributed by atoms with Crippen LogP contribution >= 0.6 is 11.8 Å². The van der Waals surface area contributed by atoms with E-state index >= 15 is 0 Å². The first-order chi connectivity index (χ1) is 11.0. The number of thioether (sulfide) groups is 1. The lowest BCUT2D eigenvalue weighted by Gasteiger charge is -2.14. The number of hydrogen-bond donors (Lipinski definition) is 2. The molecule has 1 atom stereocenters. The van der Waals surface area contributed by atoms with E-state index in [0.717, 1.165) is 31.4 Å². The van der Waals surface area contributed by atoms with Crippen molar-refractivity contribution in [1.82, 2.24) is 10.2 Å². The van der Waals surface area contributed by atoms with Crippen LogP contribution in [0.2, 0.25) is 0 Å². The molecule has 0 aromatic carbocycles. The molecule has 1 aliphatic rings. The first kappa shape index (κ1) is 19.7. The van der Waals surface area contributed by atoms with Crippen molar-refractivity contribution in [3.05, 3.63) is 0 Å². The highest BCUT2D eigenvalue weighted by atomic mass is 32.2. The number of amides is 3. The van der Waals surface area contributed by atoms with Crippen LogP contribution in [-0.4, -0.2) is 52.4 Å². The summed E-state index contributed by atoms with van der Waals surface area (Å²) in [5.74, 6) is 0.298. The number of carbonyl (C=O) groups is 3. The molecule has 1 rings (SSSR count). The Balaban J connectivity index is 2.31. The fraction of sp³-hybridized carbons (Fsp3) is 0.750. The number of likely N-dealkylation sites (tertiary alicyclic amines) is 1. The Kier molecular flexibility index (Phi) is 8.91. The minimum atomic E-state index is -0.323. The van der Waals surface area contributed by atoms with Crippen molar-refractivity contribution in [2.75, 3.05) is 18.8 Å². The monoisotopic (exact) mass is 341 g/mol. The summed E-state index contributed by atoms with van der Waals surface area (Å²) in [6, 6.07) is 0. The lowest BCUT2D eigenvalue weighted by molar-refractivity contribution is -0.138. The minimum absolute atomic E-state index is 0.114. The van der Waals surface area contributed by atoms with Crippen LogP contribution in [0.4, 0.5) is 0 Å². The van der Waals surface area contributed by atoms with Gasteiger partial charge in [-0.15, -0.1) is 11.8 Å². The predicted octanol–water partition coefficient (Wildman–Crippen LogP) is 1.97. The molecule has 0 bridgehead atoms. The van der Waals surface area contributed by atoms with Crippen LogP contribution in [0.5, 0.6) is 0 Å². The summed E-state index contributed by atoms with van der Waals surface area (Å²) in [4.78, 5) is 37.0. The molecule has 1 unspecified atom stereocenters. The van der Waals surface area contributed by atoms with Crippen LogP contribution < -0.4 is 5.32 Å². The van der Waals surface area contributed by atoms with E-state index < -0.39 is 0 Å². The molecule has 1 fully saturated rings. The van der Waals surface area contributed by atoms with Gasteiger partial charge in [0.1, 0.15) is 0 Å². The molecule has 0 saturated carbocycles. The third-order valence-electron chi connectivity index (χ3n) is 3.63. The number of rotatable bonds is 11. The summed E-state index contributed by atoms with van der Waals surface area (Å²) >= 11 is 1.48. The Hall–Kier alpha value is -1.37. The second kappa shape index (κ2) is 10.4. The minimum Gasteiger partial charge on any atom is -0.356 e. The van der Waals surface area contributed by atoms with Crippen LogP contribution in [0.1, 0.15) is 52.4 Å². The standard InChI is InChI=1S/C16H27N3O3S/c1-3-4-8-18-14(20)7-9-19-15(21)11-13(16(19)22)23-10-5-6-12(2)17/h13,17H,3-11H2,1-2H3,(H,18,20). The highest BCUT2D eigenvalue weighted by Crippen LogP contribution is 2.26. The van der Waals surface area contributed by atoms with E-state index in [1.54, 1.807) is 6.92 Å². The number of nitrogens with zero attached hydrogens (tertiary/aromatic N) is 1. The molecule has 7 heteroatoms. The average molecular weight is 341 g/mol. The third-order valence-corrected chi connectivity index (χ3v) is 4.93. The molecule has 0 aliphatic carbocycles. The van der Waals surface area contributed by atoms with Gasteiger partial charge >= 0.3 is 0 Å². The van der Waals surface area contributed by atoms with Gasteiger partial charge in [0, 0.05) is 31.6 Å². The van der Waals surface area contributed by atoms with Gasteiger partial charge in [-0.05, 0) is 31.9 Å². The van der Waals surface area contributed by atoms with Crippen molar-refractivity contribution in [3.8, 4) is 0 Å². The van der Waals surface area contributed by atoms with Gasteiger partial charge in [0.05, 0.1) is 5.25 Å². The summed E-state index contributed by atoms with van der Waals surface area (Å²) in [5.41, 5.74) is 0.634. The number of imide groups is 1. The lowest BCUT2D eigenvalue weighted by Crippen LogP contribution is -2.35. The molecule has 2 N–H and O–H groups in total. The van der Waals surface area contributed by atoms with Crippen LogP contribution in [-0.2, 0) is 14.4 Å². The molecule has 0 radical (unpaired) electrons. The molecule has 0 spiro atoms. The van der Waals surface area contributed by atoms with Crippen molar-refractivity contribution in [2.45, 2.75) is 57.6 Å². The van der Waals surface area contributed by atoms with E-state index in [1.807, 2.05) is 0 Å². The summed E-state index contributed by atoms with van der Waals surface area (Å²) in [5, 5.41) is 9.83. The van der Waals surface area contributed by atoms with E-state index in [2.05, 4.69) is 12.2 Å². The van der Waals surface area contributed by atoms with Gasteiger partial charge in [-0.1, -0.05) is 13.3 Å². The van der Waals surface area contributed by atoms with Crippen LogP contribution in [0, 0.1) is 5.41 Å². The fourth-order valence-corrected chi connectivity index (χ4v) is 3.41. The van der Waals surface area contributed by atoms with E-state index in [9.17, 15) is 14.4 Å². The van der Waals surface area contributed by atoms with Gasteiger partial charge in [-0.25, -0.2) is 0 Å². The molecule has 0 aromatic heterocycles. The zero-order chi connectivity index (χ0) is 17.2. The number of hydrogen-bond acceptors (Lipinski definition) is 5. The largest absolute Gasteiger partial charge is 0.356 e. The molecule has 1 saturated heterocycles. The quantitative estimate of drug-likeness (QED) is 0.341. The van der Waals surface area contributed by atoms with Crippen LogP contribution in [0.15, 0.2) is 0 Å². The van der Waals surface area contributed by atoms with Gasteiger partial charge in [0.2, 0.25) is 17.7 Å². The molecular formula is C16H27N3O3S. The second-order valence-corrected chi connectivity index (χ2v) is 7.10. The van der Waals surface area contributed by atoms with Crippen LogP contribution in [0.25, 0.3) is 0 Å². The van der Waals surface area contributed by atoms with E-state index in [4.69, 9.17) is 5.41 Å². The predicted molar refractivity (Wildman–Crippen MR) is 92.8 cm³/mol. The van der Waals surface area contributed by atoms with Crippen LogP contribution in [0.3, 0.4) is 0 Å². The highest BCUT2D eigenvalue weighted by molar-refractivity contribution is 8.00. The number of nitrogens with one attached hydrogen (secondary N) is 2. The SMILES string of the molecule is CCCCNC(=O)CCN1C(=O)CC(SCCCC(C)=N)C1=O. The zero-order valence-corrected chi connectivity index (χ0v) is 14.8. The topological polar surface area (TPSA) is 90.3 Å². The molecule has 1 heterocycles. The van der Waals surface area contributed by atoms with Crippen molar-refractivity contribution in [1.29, 1.82) is 5.41 Å². The zero-order valence-electron chi connectivity index (χ0n) is 14.0. The maximum atomic E-state index is 12.2. The Bertz CT molecular complexity index is 454. The summed E-state index contributed by atoms with van der Waals surface area (Å²) in [6.45, 7) is 4.63. The second-order valence-electron chi connectivity index (χ2n) is 5.78. The highest BCUT2D eigenvalue weighted by Gasteiger charge is 2.38. The van der Waals surface area contributed by atoms with Gasteiger partial charge in [0.25, 0.3) is 0 Å². The van der Waals surface area contributed by atoms with E-state index in [0.29, 0.717) is 12.3 Å². The number of unbranched alkanes of at least 4 members (excludes halogenated alkanes) is 1. The maximum absolute atomic E-state index is 12.2. The first-order valence-electron chi connectivity index (χ1n) is 8.22. The summed E-state index contributed by atoms with van der Waals surface area (Å²) < 4.78 is 0. The first-order valence-corrected chi connectivity index (χ1v) is 9.27. The van der Waals surface area contributed by atoms with Crippen molar-refractivity contribution in [2.24, 2.45) is 0 Å². The Morgan fingerprint density at radius 2 is 2.09 bits per heavy atom. The van der Waals surface area contributed by atoms with E-state index in [1.165, 1.54) is 16.7 Å². The van der Waals surface area contributed by atoms with Gasteiger partial charge in [0.15, 0.2) is 0 Å². The van der Waals surface area contributed by atoms with Gasteiger partial charge in [-0.2, -0.15) is 0 Å². The Labute approximate surface area is 142 Å². The number of carbonyl (C=O) groups excluding carboxylic acids is 3. The molecule has 6 nitrogen and oxygen atoms in total. The lowest BCUT2D eigenvalue weighted by atomic mass is 10.2. The molecule has 23 heavy (non-hydrogen) atoms. The Morgan fingerprint density at radius 3 is 2.74 bits per heavy atom. The Morgan fingerprint density at radius 1 is 1.35 bits per heavy atom. The average Bonchev–Trinajstić information content (AvgIpc) is 2.76. The molecular weight excluding hydrogens is 314 g/mol. The fourth-order valence-electron chi connectivity index (χ4n) is 2.29. The van der Waals surface area contributed by atoms with E-state index in [-0.39, 0.29) is 42.4 Å².